The zero-order chi connectivity index (χ0) is 13.1. The molecule has 5 heteroatoms. The Morgan fingerprint density at radius 2 is 2.00 bits per heavy atom. The van der Waals surface area contributed by atoms with Gasteiger partial charge in [0.25, 0.3) is 0 Å². The maximum atomic E-state index is 9.63. The molecule has 0 aliphatic heterocycles. The van der Waals surface area contributed by atoms with E-state index in [9.17, 15) is 5.11 Å². The van der Waals surface area contributed by atoms with Crippen LogP contribution < -0.4 is 5.32 Å². The van der Waals surface area contributed by atoms with Crippen molar-refractivity contribution in [3.8, 4) is 5.75 Å². The largest absolute Gasteiger partial charge is 0.506 e. The minimum Gasteiger partial charge on any atom is -0.506 e. The van der Waals surface area contributed by atoms with Crippen LogP contribution in [0, 0.1) is 0 Å². The lowest BCUT2D eigenvalue weighted by Gasteiger charge is -2.12. The molecule has 0 radical (unpaired) electrons. The van der Waals surface area contributed by atoms with Gasteiger partial charge in [0, 0.05) is 6.54 Å². The highest BCUT2D eigenvalue weighted by Gasteiger charge is 2.09. The normalized spacial score (nSPS) is 12.6. The van der Waals surface area contributed by atoms with E-state index in [1.54, 1.807) is 6.26 Å². The lowest BCUT2D eigenvalue weighted by molar-refractivity contribution is 0.429. The van der Waals surface area contributed by atoms with Crippen LogP contribution in [0.25, 0.3) is 0 Å². The van der Waals surface area contributed by atoms with Crippen LogP contribution >= 0.6 is 31.9 Å². The zero-order valence-electron chi connectivity index (χ0n) is 9.78. The van der Waals surface area contributed by atoms with Gasteiger partial charge in [-0.05, 0) is 68.6 Å². The first-order valence-corrected chi connectivity index (χ1v) is 7.10. The number of rotatable bonds is 4. The van der Waals surface area contributed by atoms with Gasteiger partial charge in [-0.25, -0.2) is 0 Å². The number of aromatic hydroxyl groups is 1. The quantitative estimate of drug-likeness (QED) is 0.835. The number of nitrogens with one attached hydrogen (secondary N) is 1. The molecule has 1 aromatic heterocycles. The van der Waals surface area contributed by atoms with Gasteiger partial charge in [-0.3, -0.25) is 0 Å². The van der Waals surface area contributed by atoms with Crippen LogP contribution in [-0.4, -0.2) is 5.11 Å². The summed E-state index contributed by atoms with van der Waals surface area (Å²) in [5.74, 6) is 1.13. The molecule has 1 atom stereocenters. The molecule has 1 heterocycles. The standard InChI is InChI=1S/C13H13Br2NO2/c1-8(12-3-2-4-18-12)16-7-9-5-10(14)13(17)11(15)6-9/h2-6,8,16-17H,7H2,1H3/t8-/m0/s1. The van der Waals surface area contributed by atoms with Crippen LogP contribution in [0.5, 0.6) is 5.75 Å². The second-order valence-electron chi connectivity index (χ2n) is 4.03. The zero-order valence-corrected chi connectivity index (χ0v) is 13.0. The summed E-state index contributed by atoms with van der Waals surface area (Å²) in [6, 6.07) is 7.75. The van der Waals surface area contributed by atoms with E-state index in [1.807, 2.05) is 31.2 Å². The van der Waals surface area contributed by atoms with E-state index in [0.717, 1.165) is 11.3 Å². The Kier molecular flexibility index (Phi) is 4.48. The Hall–Kier alpha value is -0.780. The minimum atomic E-state index is 0.145. The highest BCUT2D eigenvalue weighted by molar-refractivity contribution is 9.11. The summed E-state index contributed by atoms with van der Waals surface area (Å²) in [6.45, 7) is 2.74. The molecular formula is C13H13Br2NO2. The number of halogens is 2. The fourth-order valence-corrected chi connectivity index (χ4v) is 2.91. The van der Waals surface area contributed by atoms with Crippen molar-refractivity contribution < 1.29 is 9.52 Å². The first-order chi connectivity index (χ1) is 8.58. The molecule has 0 aliphatic carbocycles. The highest BCUT2D eigenvalue weighted by atomic mass is 79.9. The third-order valence-corrected chi connectivity index (χ3v) is 3.87. The van der Waals surface area contributed by atoms with Crippen molar-refractivity contribution in [3.05, 3.63) is 50.8 Å². The van der Waals surface area contributed by atoms with E-state index in [-0.39, 0.29) is 11.8 Å². The lowest BCUT2D eigenvalue weighted by atomic mass is 10.2. The maximum absolute atomic E-state index is 9.63. The van der Waals surface area contributed by atoms with Gasteiger partial charge < -0.3 is 14.8 Å². The third kappa shape index (κ3) is 3.16. The first kappa shape index (κ1) is 13.6. The SMILES string of the molecule is C[C@H](NCc1cc(Br)c(O)c(Br)c1)c1ccco1. The molecule has 0 amide bonds. The van der Waals surface area contributed by atoms with Crippen molar-refractivity contribution in [1.82, 2.24) is 5.32 Å². The van der Waals surface area contributed by atoms with E-state index < -0.39 is 0 Å². The fraction of sp³-hybridized carbons (Fsp3) is 0.231. The maximum Gasteiger partial charge on any atom is 0.143 e. The molecule has 18 heavy (non-hydrogen) atoms. The second kappa shape index (κ2) is 5.91. The van der Waals surface area contributed by atoms with Crippen molar-refractivity contribution in [1.29, 1.82) is 0 Å². The summed E-state index contributed by atoms with van der Waals surface area (Å²) in [5.41, 5.74) is 1.07. The van der Waals surface area contributed by atoms with Gasteiger partial charge in [-0.2, -0.15) is 0 Å². The van der Waals surface area contributed by atoms with Crippen LogP contribution in [0.2, 0.25) is 0 Å². The van der Waals surface area contributed by atoms with E-state index in [0.29, 0.717) is 15.5 Å². The molecule has 0 bridgehead atoms. The molecule has 0 spiro atoms. The van der Waals surface area contributed by atoms with Gasteiger partial charge in [0.05, 0.1) is 21.3 Å². The van der Waals surface area contributed by atoms with Crippen LogP contribution in [-0.2, 0) is 6.54 Å². The van der Waals surface area contributed by atoms with Crippen molar-refractivity contribution in [2.75, 3.05) is 0 Å². The third-order valence-electron chi connectivity index (χ3n) is 2.66. The van der Waals surface area contributed by atoms with E-state index in [1.165, 1.54) is 0 Å². The monoisotopic (exact) mass is 373 g/mol. The number of phenolic OH excluding ortho intramolecular Hbond substituents is 1. The number of hydrogen-bond donors (Lipinski definition) is 2. The number of benzene rings is 1. The highest BCUT2D eigenvalue weighted by Crippen LogP contribution is 2.33. The van der Waals surface area contributed by atoms with Crippen LogP contribution in [0.15, 0.2) is 43.9 Å². The molecule has 2 aromatic rings. The van der Waals surface area contributed by atoms with Crippen LogP contribution in [0.1, 0.15) is 24.3 Å². The Morgan fingerprint density at radius 1 is 1.33 bits per heavy atom. The van der Waals surface area contributed by atoms with Crippen LogP contribution in [0.3, 0.4) is 0 Å². The Bertz CT molecular complexity index is 503. The summed E-state index contributed by atoms with van der Waals surface area (Å²) in [7, 11) is 0. The molecule has 0 saturated heterocycles. The number of furan rings is 1. The predicted molar refractivity (Wildman–Crippen MR) is 77.5 cm³/mol. The fourth-order valence-electron chi connectivity index (χ4n) is 1.63. The molecule has 1 aromatic carbocycles. The Balaban J connectivity index is 2.02. The molecule has 0 unspecified atom stereocenters. The Labute approximate surface area is 122 Å². The molecule has 2 N–H and O–H groups in total. The molecule has 0 aliphatic rings. The summed E-state index contributed by atoms with van der Waals surface area (Å²) in [5, 5.41) is 13.0. The van der Waals surface area contributed by atoms with Crippen LogP contribution in [0.4, 0.5) is 0 Å². The van der Waals surface area contributed by atoms with Crippen molar-refractivity contribution in [2.24, 2.45) is 0 Å². The number of phenols is 1. The summed E-state index contributed by atoms with van der Waals surface area (Å²) in [4.78, 5) is 0. The van der Waals surface area contributed by atoms with Gasteiger partial charge in [-0.1, -0.05) is 0 Å². The van der Waals surface area contributed by atoms with Crippen molar-refractivity contribution in [3.63, 3.8) is 0 Å². The Morgan fingerprint density at radius 3 is 2.56 bits per heavy atom. The lowest BCUT2D eigenvalue weighted by Crippen LogP contribution is -2.17. The summed E-state index contributed by atoms with van der Waals surface area (Å²) in [6.07, 6.45) is 1.67. The van der Waals surface area contributed by atoms with Crippen molar-refractivity contribution >= 4 is 31.9 Å². The molecule has 96 valence electrons. The molecule has 0 fully saturated rings. The molecular weight excluding hydrogens is 362 g/mol. The van der Waals surface area contributed by atoms with E-state index in [2.05, 4.69) is 37.2 Å². The topological polar surface area (TPSA) is 45.4 Å². The molecule has 0 saturated carbocycles. The smallest absolute Gasteiger partial charge is 0.143 e. The first-order valence-electron chi connectivity index (χ1n) is 5.51. The van der Waals surface area contributed by atoms with Gasteiger partial charge in [0.15, 0.2) is 0 Å². The average Bonchev–Trinajstić information content (AvgIpc) is 2.86. The van der Waals surface area contributed by atoms with E-state index in [4.69, 9.17) is 4.42 Å². The van der Waals surface area contributed by atoms with Gasteiger partial charge in [0.1, 0.15) is 11.5 Å². The summed E-state index contributed by atoms with van der Waals surface area (Å²) >= 11 is 6.63. The average molecular weight is 375 g/mol. The minimum absolute atomic E-state index is 0.145. The predicted octanol–water partition coefficient (Wildman–Crippen LogP) is 4.36. The second-order valence-corrected chi connectivity index (χ2v) is 5.73. The van der Waals surface area contributed by atoms with E-state index >= 15 is 0 Å². The molecule has 2 rings (SSSR count). The van der Waals surface area contributed by atoms with Gasteiger partial charge in [0.2, 0.25) is 0 Å². The van der Waals surface area contributed by atoms with Gasteiger partial charge >= 0.3 is 0 Å². The van der Waals surface area contributed by atoms with Crippen molar-refractivity contribution in [2.45, 2.75) is 19.5 Å². The number of hydrogen-bond acceptors (Lipinski definition) is 3. The molecule has 3 nitrogen and oxygen atoms in total. The van der Waals surface area contributed by atoms with Gasteiger partial charge in [-0.15, -0.1) is 0 Å². The summed E-state index contributed by atoms with van der Waals surface area (Å²) < 4.78 is 6.69.